The van der Waals surface area contributed by atoms with Gasteiger partial charge in [-0.15, -0.1) is 0 Å². The van der Waals surface area contributed by atoms with Crippen LogP contribution in [0.3, 0.4) is 0 Å². The van der Waals surface area contributed by atoms with Crippen molar-refractivity contribution in [3.8, 4) is 0 Å². The first-order valence-corrected chi connectivity index (χ1v) is 7.10. The lowest BCUT2D eigenvalue weighted by molar-refractivity contribution is 0.509. The molecule has 1 saturated heterocycles. The van der Waals surface area contributed by atoms with Crippen molar-refractivity contribution < 1.29 is 8.42 Å². The van der Waals surface area contributed by atoms with Crippen LogP contribution in [0.5, 0.6) is 0 Å². The van der Waals surface area contributed by atoms with E-state index in [2.05, 4.69) is 14.8 Å². The van der Waals surface area contributed by atoms with Crippen molar-refractivity contribution in [1.82, 2.24) is 14.8 Å². The van der Waals surface area contributed by atoms with E-state index in [1.165, 1.54) is 0 Å². The summed E-state index contributed by atoms with van der Waals surface area (Å²) in [6.45, 7) is 4.32. The van der Waals surface area contributed by atoms with E-state index in [0.29, 0.717) is 6.54 Å². The molecule has 15 heavy (non-hydrogen) atoms. The van der Waals surface area contributed by atoms with Gasteiger partial charge >= 0.3 is 0 Å². The molecule has 0 aromatic heterocycles. The van der Waals surface area contributed by atoms with Crippen molar-refractivity contribution in [2.75, 3.05) is 19.6 Å². The average molecular weight is 235 g/mol. The molecule has 3 N–H and O–H groups in total. The molecule has 1 rings (SSSR count). The van der Waals surface area contributed by atoms with Crippen LogP contribution >= 0.6 is 0 Å². The van der Waals surface area contributed by atoms with E-state index >= 15 is 0 Å². The molecule has 0 aromatic rings. The summed E-state index contributed by atoms with van der Waals surface area (Å²) in [7, 11) is -3.29. The Morgan fingerprint density at radius 2 is 2.13 bits per heavy atom. The molecule has 1 atom stereocenters. The molecule has 1 heterocycles. The molecule has 0 amide bonds. The topological polar surface area (TPSA) is 70.2 Å². The molecule has 1 aliphatic heterocycles. The summed E-state index contributed by atoms with van der Waals surface area (Å²) in [6.07, 6.45) is 3.63. The van der Waals surface area contributed by atoms with Crippen molar-refractivity contribution in [2.45, 2.75) is 38.6 Å². The summed E-state index contributed by atoms with van der Waals surface area (Å²) in [6, 6.07) is 0.0781. The van der Waals surface area contributed by atoms with Gasteiger partial charge in [0.15, 0.2) is 0 Å². The third kappa shape index (κ3) is 5.46. The smallest absolute Gasteiger partial charge is 0.277 e. The molecule has 1 fully saturated rings. The van der Waals surface area contributed by atoms with E-state index in [1.54, 1.807) is 0 Å². The molecule has 90 valence electrons. The highest BCUT2D eigenvalue weighted by Gasteiger charge is 2.17. The van der Waals surface area contributed by atoms with Crippen molar-refractivity contribution >= 4 is 10.2 Å². The fourth-order valence-corrected chi connectivity index (χ4v) is 2.87. The zero-order valence-corrected chi connectivity index (χ0v) is 10.1. The lowest BCUT2D eigenvalue weighted by Crippen LogP contribution is -2.43. The fraction of sp³-hybridized carbons (Fsp3) is 1.00. The van der Waals surface area contributed by atoms with Crippen LogP contribution < -0.4 is 14.8 Å². The van der Waals surface area contributed by atoms with Crippen molar-refractivity contribution in [3.05, 3.63) is 0 Å². The van der Waals surface area contributed by atoms with Gasteiger partial charge in [0.2, 0.25) is 0 Å². The SMILES string of the molecule is CCCNS(=O)(=O)NC1CCCNCC1. The number of rotatable bonds is 5. The summed E-state index contributed by atoms with van der Waals surface area (Å²) >= 11 is 0. The van der Waals surface area contributed by atoms with Gasteiger partial charge < -0.3 is 5.32 Å². The Labute approximate surface area is 92.2 Å². The predicted octanol–water partition coefficient (Wildman–Crippen LogP) is -0.0375. The van der Waals surface area contributed by atoms with Crippen LogP contribution in [0.2, 0.25) is 0 Å². The van der Waals surface area contributed by atoms with Crippen LogP contribution in [0.4, 0.5) is 0 Å². The summed E-state index contributed by atoms with van der Waals surface area (Å²) in [4.78, 5) is 0. The highest BCUT2D eigenvalue weighted by Crippen LogP contribution is 2.05. The Balaban J connectivity index is 2.37. The van der Waals surface area contributed by atoms with Gasteiger partial charge in [0.1, 0.15) is 0 Å². The molecular weight excluding hydrogens is 214 g/mol. The Kier molecular flexibility index (Phi) is 5.52. The third-order valence-corrected chi connectivity index (χ3v) is 3.67. The number of hydrogen-bond donors (Lipinski definition) is 3. The van der Waals surface area contributed by atoms with Crippen molar-refractivity contribution in [2.24, 2.45) is 0 Å². The van der Waals surface area contributed by atoms with Gasteiger partial charge in [0.05, 0.1) is 0 Å². The third-order valence-electron chi connectivity index (χ3n) is 2.44. The molecule has 0 saturated carbocycles. The normalized spacial score (nSPS) is 23.7. The van der Waals surface area contributed by atoms with Crippen LogP contribution in [-0.2, 0) is 10.2 Å². The Morgan fingerprint density at radius 1 is 1.33 bits per heavy atom. The minimum absolute atomic E-state index is 0.0781. The maximum atomic E-state index is 11.5. The van der Waals surface area contributed by atoms with Gasteiger partial charge in [-0.1, -0.05) is 6.92 Å². The Morgan fingerprint density at radius 3 is 2.87 bits per heavy atom. The maximum Gasteiger partial charge on any atom is 0.277 e. The van der Waals surface area contributed by atoms with Crippen LogP contribution in [0, 0.1) is 0 Å². The molecule has 0 spiro atoms. The van der Waals surface area contributed by atoms with Gasteiger partial charge in [-0.05, 0) is 38.8 Å². The zero-order chi connectivity index (χ0) is 11.1. The number of hydrogen-bond acceptors (Lipinski definition) is 3. The van der Waals surface area contributed by atoms with Gasteiger partial charge in [-0.3, -0.25) is 0 Å². The highest BCUT2D eigenvalue weighted by molar-refractivity contribution is 7.87. The van der Waals surface area contributed by atoms with Crippen LogP contribution in [0.1, 0.15) is 32.6 Å². The molecule has 1 unspecified atom stereocenters. The molecule has 0 bridgehead atoms. The van der Waals surface area contributed by atoms with Crippen LogP contribution in [-0.4, -0.2) is 34.1 Å². The highest BCUT2D eigenvalue weighted by atomic mass is 32.2. The minimum Gasteiger partial charge on any atom is -0.317 e. The molecule has 1 aliphatic rings. The molecular formula is C9H21N3O2S. The second kappa shape index (κ2) is 6.42. The predicted molar refractivity (Wildman–Crippen MR) is 60.9 cm³/mol. The van der Waals surface area contributed by atoms with Crippen LogP contribution in [0.25, 0.3) is 0 Å². The maximum absolute atomic E-state index is 11.5. The average Bonchev–Trinajstić information content (AvgIpc) is 2.43. The van der Waals surface area contributed by atoms with E-state index in [1.807, 2.05) is 6.92 Å². The second-order valence-electron chi connectivity index (χ2n) is 3.89. The fourth-order valence-electron chi connectivity index (χ4n) is 1.63. The monoisotopic (exact) mass is 235 g/mol. The molecule has 6 heteroatoms. The van der Waals surface area contributed by atoms with Crippen LogP contribution in [0.15, 0.2) is 0 Å². The summed E-state index contributed by atoms with van der Waals surface area (Å²) < 4.78 is 28.3. The lowest BCUT2D eigenvalue weighted by atomic mass is 10.1. The van der Waals surface area contributed by atoms with E-state index < -0.39 is 10.2 Å². The molecule has 0 aromatic carbocycles. The zero-order valence-electron chi connectivity index (χ0n) is 9.25. The Bertz CT molecular complexity index is 259. The second-order valence-corrected chi connectivity index (χ2v) is 5.42. The Hall–Kier alpha value is -0.170. The largest absolute Gasteiger partial charge is 0.317 e. The molecule has 0 aliphatic carbocycles. The van der Waals surface area contributed by atoms with Crippen molar-refractivity contribution in [3.63, 3.8) is 0 Å². The van der Waals surface area contributed by atoms with E-state index in [-0.39, 0.29) is 6.04 Å². The lowest BCUT2D eigenvalue weighted by Gasteiger charge is -2.16. The van der Waals surface area contributed by atoms with E-state index in [9.17, 15) is 8.42 Å². The first-order chi connectivity index (χ1) is 7.14. The summed E-state index contributed by atoms with van der Waals surface area (Å²) in [5.41, 5.74) is 0. The van der Waals surface area contributed by atoms with Gasteiger partial charge in [-0.2, -0.15) is 13.1 Å². The number of nitrogens with one attached hydrogen (secondary N) is 3. The van der Waals surface area contributed by atoms with Crippen molar-refractivity contribution in [1.29, 1.82) is 0 Å². The van der Waals surface area contributed by atoms with Gasteiger partial charge in [0.25, 0.3) is 10.2 Å². The summed E-state index contributed by atoms with van der Waals surface area (Å²) in [5, 5.41) is 3.25. The first kappa shape index (κ1) is 12.9. The first-order valence-electron chi connectivity index (χ1n) is 5.61. The quantitative estimate of drug-likeness (QED) is 0.626. The standard InChI is InChI=1S/C9H21N3O2S/c1-2-6-11-15(13,14)12-9-4-3-7-10-8-5-9/h9-12H,2-8H2,1H3. The molecule has 0 radical (unpaired) electrons. The van der Waals surface area contributed by atoms with E-state index in [0.717, 1.165) is 38.8 Å². The van der Waals surface area contributed by atoms with Gasteiger partial charge in [-0.25, -0.2) is 4.72 Å². The van der Waals surface area contributed by atoms with E-state index in [4.69, 9.17) is 0 Å². The summed E-state index contributed by atoms with van der Waals surface area (Å²) in [5.74, 6) is 0. The minimum atomic E-state index is -3.29. The van der Waals surface area contributed by atoms with Gasteiger partial charge in [0, 0.05) is 12.6 Å². The molecule has 5 nitrogen and oxygen atoms in total.